The summed E-state index contributed by atoms with van der Waals surface area (Å²) in [5.41, 5.74) is 0. The second-order valence-corrected chi connectivity index (χ2v) is 5.66. The van der Waals surface area contributed by atoms with Gasteiger partial charge in [0.05, 0.1) is 24.7 Å². The average molecular weight is 288 g/mol. The van der Waals surface area contributed by atoms with Crippen molar-refractivity contribution < 1.29 is 28.5 Å². The number of ether oxygens (including phenoxy) is 4. The van der Waals surface area contributed by atoms with E-state index in [4.69, 9.17) is 18.9 Å². The molecule has 0 unspecified atom stereocenters. The van der Waals surface area contributed by atoms with Crippen LogP contribution in [0.2, 0.25) is 0 Å². The van der Waals surface area contributed by atoms with Gasteiger partial charge in [-0.1, -0.05) is 0 Å². The van der Waals surface area contributed by atoms with Crippen molar-refractivity contribution in [2.45, 2.75) is 71.6 Å². The molecule has 0 aromatic heterocycles. The van der Waals surface area contributed by atoms with Crippen LogP contribution in [0.4, 0.5) is 0 Å². The van der Waals surface area contributed by atoms with Crippen molar-refractivity contribution in [2.24, 2.45) is 0 Å². The SMILES string of the molecule is CC(=O)OC[C@@H]1C[C@H](CC(=O)OC(C)C)OC(C)(C)O1. The summed E-state index contributed by atoms with van der Waals surface area (Å²) in [6.45, 7) is 8.66. The van der Waals surface area contributed by atoms with Gasteiger partial charge in [-0.25, -0.2) is 0 Å². The lowest BCUT2D eigenvalue weighted by atomic mass is 10.1. The molecular weight excluding hydrogens is 264 g/mol. The molecule has 2 atom stereocenters. The molecule has 0 spiro atoms. The predicted molar refractivity (Wildman–Crippen MR) is 70.9 cm³/mol. The molecule has 1 fully saturated rings. The molecule has 20 heavy (non-hydrogen) atoms. The summed E-state index contributed by atoms with van der Waals surface area (Å²) in [4.78, 5) is 22.5. The minimum atomic E-state index is -0.814. The van der Waals surface area contributed by atoms with Gasteiger partial charge in [0.25, 0.3) is 0 Å². The van der Waals surface area contributed by atoms with Crippen molar-refractivity contribution in [3.05, 3.63) is 0 Å². The fourth-order valence-corrected chi connectivity index (χ4v) is 2.15. The van der Waals surface area contributed by atoms with E-state index < -0.39 is 5.79 Å². The van der Waals surface area contributed by atoms with Crippen molar-refractivity contribution in [2.75, 3.05) is 6.61 Å². The zero-order chi connectivity index (χ0) is 15.3. The van der Waals surface area contributed by atoms with Crippen molar-refractivity contribution in [1.29, 1.82) is 0 Å². The summed E-state index contributed by atoms with van der Waals surface area (Å²) in [7, 11) is 0. The Balaban J connectivity index is 2.53. The van der Waals surface area contributed by atoms with Crippen LogP contribution in [0.5, 0.6) is 0 Å². The zero-order valence-corrected chi connectivity index (χ0v) is 12.8. The minimum absolute atomic E-state index is 0.146. The van der Waals surface area contributed by atoms with Crippen molar-refractivity contribution in [1.82, 2.24) is 0 Å². The summed E-state index contributed by atoms with van der Waals surface area (Å²) in [5.74, 6) is -1.46. The smallest absolute Gasteiger partial charge is 0.308 e. The zero-order valence-electron chi connectivity index (χ0n) is 12.8. The lowest BCUT2D eigenvalue weighted by molar-refractivity contribution is -0.304. The molecule has 1 rings (SSSR count). The van der Waals surface area contributed by atoms with Gasteiger partial charge < -0.3 is 18.9 Å². The van der Waals surface area contributed by atoms with Crippen molar-refractivity contribution in [3.8, 4) is 0 Å². The topological polar surface area (TPSA) is 71.1 Å². The van der Waals surface area contributed by atoms with Gasteiger partial charge in [0, 0.05) is 13.3 Å². The molecule has 0 N–H and O–H groups in total. The maximum absolute atomic E-state index is 11.7. The fourth-order valence-electron chi connectivity index (χ4n) is 2.15. The fraction of sp³-hybridized carbons (Fsp3) is 0.857. The molecule has 0 aromatic carbocycles. The number of rotatable bonds is 5. The van der Waals surface area contributed by atoms with Crippen LogP contribution < -0.4 is 0 Å². The van der Waals surface area contributed by atoms with Gasteiger partial charge in [-0.2, -0.15) is 0 Å². The molecule has 0 aromatic rings. The number of carbonyl (C=O) groups excluding carboxylic acids is 2. The van der Waals surface area contributed by atoms with E-state index in [2.05, 4.69) is 0 Å². The van der Waals surface area contributed by atoms with Gasteiger partial charge in [-0.15, -0.1) is 0 Å². The van der Waals surface area contributed by atoms with Gasteiger partial charge in [0.15, 0.2) is 5.79 Å². The molecule has 0 saturated carbocycles. The van der Waals surface area contributed by atoms with Gasteiger partial charge in [-0.05, 0) is 27.7 Å². The molecule has 1 heterocycles. The Morgan fingerprint density at radius 2 is 1.85 bits per heavy atom. The third kappa shape index (κ3) is 6.34. The molecule has 1 aliphatic heterocycles. The van der Waals surface area contributed by atoms with E-state index in [0.717, 1.165) is 0 Å². The highest BCUT2D eigenvalue weighted by Crippen LogP contribution is 2.28. The molecule has 1 saturated heterocycles. The highest BCUT2D eigenvalue weighted by Gasteiger charge is 2.37. The van der Waals surface area contributed by atoms with Crippen LogP contribution in [0, 0.1) is 0 Å². The van der Waals surface area contributed by atoms with Gasteiger partial charge in [-0.3, -0.25) is 9.59 Å². The van der Waals surface area contributed by atoms with E-state index in [1.165, 1.54) is 6.92 Å². The number of hydrogen-bond acceptors (Lipinski definition) is 6. The van der Waals surface area contributed by atoms with E-state index in [1.807, 2.05) is 0 Å². The van der Waals surface area contributed by atoms with E-state index in [-0.39, 0.29) is 43.3 Å². The average Bonchev–Trinajstić information content (AvgIpc) is 2.22. The molecular formula is C14H24O6. The Morgan fingerprint density at radius 1 is 1.25 bits per heavy atom. The standard InChI is InChI=1S/C14H24O6/c1-9(2)18-13(16)7-11-6-12(8-17-10(3)15)20-14(4,5)19-11/h9,11-12H,6-8H2,1-5H3/t11-,12+/m1/s1. The highest BCUT2D eigenvalue weighted by atomic mass is 16.7. The Bertz CT molecular complexity index is 350. The van der Waals surface area contributed by atoms with Crippen molar-refractivity contribution in [3.63, 3.8) is 0 Å². The van der Waals surface area contributed by atoms with Crippen LogP contribution in [-0.2, 0) is 28.5 Å². The van der Waals surface area contributed by atoms with E-state index in [9.17, 15) is 9.59 Å². The number of carbonyl (C=O) groups is 2. The second kappa shape index (κ2) is 7.04. The van der Waals surface area contributed by atoms with E-state index >= 15 is 0 Å². The van der Waals surface area contributed by atoms with Crippen LogP contribution in [0.25, 0.3) is 0 Å². The van der Waals surface area contributed by atoms with Crippen LogP contribution in [-0.4, -0.2) is 42.6 Å². The predicted octanol–water partition coefficient (Wildman–Crippen LogP) is 1.80. The first-order chi connectivity index (χ1) is 9.18. The Labute approximate surface area is 119 Å². The molecule has 0 bridgehead atoms. The molecule has 0 aliphatic carbocycles. The summed E-state index contributed by atoms with van der Waals surface area (Å²) in [5, 5.41) is 0. The second-order valence-electron chi connectivity index (χ2n) is 5.66. The van der Waals surface area contributed by atoms with Crippen molar-refractivity contribution >= 4 is 11.9 Å². The molecule has 116 valence electrons. The largest absolute Gasteiger partial charge is 0.463 e. The van der Waals surface area contributed by atoms with Gasteiger partial charge in [0.2, 0.25) is 0 Å². The van der Waals surface area contributed by atoms with Crippen LogP contribution >= 0.6 is 0 Å². The summed E-state index contributed by atoms with van der Waals surface area (Å²) < 4.78 is 21.4. The van der Waals surface area contributed by atoms with Crippen LogP contribution in [0.1, 0.15) is 47.5 Å². The first kappa shape index (κ1) is 16.9. The Hall–Kier alpha value is -1.14. The monoisotopic (exact) mass is 288 g/mol. The highest BCUT2D eigenvalue weighted by molar-refractivity contribution is 5.70. The number of esters is 2. The summed E-state index contributed by atoms with van der Waals surface area (Å²) in [6.07, 6.45) is -0.0666. The quantitative estimate of drug-likeness (QED) is 0.718. The molecule has 0 radical (unpaired) electrons. The maximum atomic E-state index is 11.7. The lowest BCUT2D eigenvalue weighted by Gasteiger charge is -2.40. The molecule has 0 amide bonds. The maximum Gasteiger partial charge on any atom is 0.308 e. The van der Waals surface area contributed by atoms with E-state index in [0.29, 0.717) is 6.42 Å². The van der Waals surface area contributed by atoms with Gasteiger partial charge in [0.1, 0.15) is 6.61 Å². The minimum Gasteiger partial charge on any atom is -0.463 e. The molecule has 6 nitrogen and oxygen atoms in total. The summed E-state index contributed by atoms with van der Waals surface area (Å²) in [6, 6.07) is 0. The lowest BCUT2D eigenvalue weighted by Crippen LogP contribution is -2.47. The first-order valence-electron chi connectivity index (χ1n) is 6.86. The third-order valence-corrected chi connectivity index (χ3v) is 2.66. The first-order valence-corrected chi connectivity index (χ1v) is 6.86. The third-order valence-electron chi connectivity index (χ3n) is 2.66. The summed E-state index contributed by atoms with van der Waals surface area (Å²) >= 11 is 0. The number of hydrogen-bond donors (Lipinski definition) is 0. The van der Waals surface area contributed by atoms with Crippen LogP contribution in [0.3, 0.4) is 0 Å². The molecule has 1 aliphatic rings. The molecule has 6 heteroatoms. The Kier molecular flexibility index (Phi) is 5.95. The normalized spacial score (nSPS) is 25.3. The Morgan fingerprint density at radius 3 is 2.40 bits per heavy atom. The van der Waals surface area contributed by atoms with Crippen LogP contribution in [0.15, 0.2) is 0 Å². The van der Waals surface area contributed by atoms with E-state index in [1.54, 1.807) is 27.7 Å². The van der Waals surface area contributed by atoms with Gasteiger partial charge >= 0.3 is 11.9 Å².